The Morgan fingerprint density at radius 2 is 1.93 bits per heavy atom. The van der Waals surface area contributed by atoms with Crippen molar-refractivity contribution in [2.75, 3.05) is 4.72 Å². The van der Waals surface area contributed by atoms with Crippen LogP contribution in [0.25, 0.3) is 10.9 Å². The SMILES string of the molecule is O=S(=O)(Nc1nccs1)c1ccc2nn(CCCCc3ccccc3)cc2c1. The second-order valence-electron chi connectivity index (χ2n) is 6.50. The summed E-state index contributed by atoms with van der Waals surface area (Å²) in [7, 11) is -3.66. The summed E-state index contributed by atoms with van der Waals surface area (Å²) in [6.45, 7) is 0.807. The first-order valence-electron chi connectivity index (χ1n) is 9.04. The van der Waals surface area contributed by atoms with Gasteiger partial charge in [-0.3, -0.25) is 9.40 Å². The fourth-order valence-electron chi connectivity index (χ4n) is 3.03. The molecule has 0 aliphatic rings. The number of rotatable bonds is 8. The van der Waals surface area contributed by atoms with Crippen LogP contribution in [-0.4, -0.2) is 23.2 Å². The van der Waals surface area contributed by atoms with Crippen LogP contribution in [0.4, 0.5) is 5.13 Å². The molecule has 0 fully saturated rings. The number of hydrogen-bond donors (Lipinski definition) is 1. The first-order chi connectivity index (χ1) is 13.6. The smallest absolute Gasteiger partial charge is 0.263 e. The monoisotopic (exact) mass is 412 g/mol. The lowest BCUT2D eigenvalue weighted by molar-refractivity contribution is 0.562. The van der Waals surface area contributed by atoms with Gasteiger partial charge in [0.05, 0.1) is 10.4 Å². The van der Waals surface area contributed by atoms with E-state index >= 15 is 0 Å². The summed E-state index contributed by atoms with van der Waals surface area (Å²) in [6, 6.07) is 15.4. The molecule has 0 saturated heterocycles. The summed E-state index contributed by atoms with van der Waals surface area (Å²) in [5, 5.41) is 7.44. The quantitative estimate of drug-likeness (QED) is 0.437. The second kappa shape index (κ2) is 8.12. The van der Waals surface area contributed by atoms with Gasteiger partial charge in [0.2, 0.25) is 0 Å². The van der Waals surface area contributed by atoms with Crippen LogP contribution in [-0.2, 0) is 23.0 Å². The normalized spacial score (nSPS) is 11.7. The molecule has 28 heavy (non-hydrogen) atoms. The van der Waals surface area contributed by atoms with Crippen LogP contribution in [0.2, 0.25) is 0 Å². The highest BCUT2D eigenvalue weighted by Gasteiger charge is 2.16. The molecule has 0 saturated carbocycles. The molecule has 0 unspecified atom stereocenters. The van der Waals surface area contributed by atoms with Gasteiger partial charge in [0.25, 0.3) is 10.0 Å². The largest absolute Gasteiger partial charge is 0.272 e. The average Bonchev–Trinajstić information content (AvgIpc) is 3.34. The molecular formula is C20H20N4O2S2. The van der Waals surface area contributed by atoms with Gasteiger partial charge in [-0.1, -0.05) is 30.3 Å². The van der Waals surface area contributed by atoms with Crippen LogP contribution < -0.4 is 4.72 Å². The first kappa shape index (κ1) is 18.6. The maximum atomic E-state index is 12.5. The van der Waals surface area contributed by atoms with Crippen molar-refractivity contribution < 1.29 is 8.42 Å². The van der Waals surface area contributed by atoms with Crippen LogP contribution in [0.5, 0.6) is 0 Å². The summed E-state index contributed by atoms with van der Waals surface area (Å²) < 4.78 is 29.4. The Morgan fingerprint density at radius 1 is 1.07 bits per heavy atom. The third kappa shape index (κ3) is 4.40. The highest BCUT2D eigenvalue weighted by atomic mass is 32.2. The number of fused-ring (bicyclic) bond motifs is 1. The van der Waals surface area contributed by atoms with Crippen molar-refractivity contribution in [3.63, 3.8) is 0 Å². The summed E-state index contributed by atoms with van der Waals surface area (Å²) >= 11 is 1.24. The average molecular weight is 413 g/mol. The van der Waals surface area contributed by atoms with Gasteiger partial charge in [-0.15, -0.1) is 11.3 Å². The Labute approximate surface area is 167 Å². The molecule has 0 amide bonds. The number of nitrogens with one attached hydrogen (secondary N) is 1. The van der Waals surface area contributed by atoms with Crippen molar-refractivity contribution in [2.24, 2.45) is 0 Å². The summed E-state index contributed by atoms with van der Waals surface area (Å²) in [5.74, 6) is 0. The molecule has 0 aliphatic carbocycles. The van der Waals surface area contributed by atoms with Crippen molar-refractivity contribution in [3.8, 4) is 0 Å². The minimum absolute atomic E-state index is 0.207. The van der Waals surface area contributed by atoms with Gasteiger partial charge in [-0.05, 0) is 43.0 Å². The molecule has 0 bridgehead atoms. The minimum Gasteiger partial charge on any atom is -0.272 e. The van der Waals surface area contributed by atoms with Gasteiger partial charge >= 0.3 is 0 Å². The molecule has 2 aromatic carbocycles. The van der Waals surface area contributed by atoms with Gasteiger partial charge in [0.15, 0.2) is 5.13 Å². The van der Waals surface area contributed by atoms with E-state index in [0.717, 1.165) is 36.7 Å². The number of hydrogen-bond acceptors (Lipinski definition) is 5. The lowest BCUT2D eigenvalue weighted by Crippen LogP contribution is -2.12. The number of aromatic nitrogens is 3. The molecule has 1 N–H and O–H groups in total. The van der Waals surface area contributed by atoms with E-state index in [4.69, 9.17) is 0 Å². The van der Waals surface area contributed by atoms with E-state index in [2.05, 4.69) is 39.1 Å². The highest BCUT2D eigenvalue weighted by Crippen LogP contribution is 2.22. The number of nitrogens with zero attached hydrogens (tertiary/aromatic N) is 3. The number of unbranched alkanes of at least 4 members (excludes halogenated alkanes) is 1. The van der Waals surface area contributed by atoms with Crippen molar-refractivity contribution in [2.45, 2.75) is 30.7 Å². The summed E-state index contributed by atoms with van der Waals surface area (Å²) in [4.78, 5) is 4.18. The van der Waals surface area contributed by atoms with Crippen LogP contribution in [0.1, 0.15) is 18.4 Å². The van der Waals surface area contributed by atoms with Gasteiger partial charge in [-0.2, -0.15) is 5.10 Å². The van der Waals surface area contributed by atoms with Crippen molar-refractivity contribution in [3.05, 3.63) is 71.9 Å². The first-order valence-corrected chi connectivity index (χ1v) is 11.4. The van der Waals surface area contributed by atoms with Crippen LogP contribution in [0.15, 0.2) is 71.2 Å². The predicted octanol–water partition coefficient (Wildman–Crippen LogP) is 4.32. The van der Waals surface area contributed by atoms with Gasteiger partial charge in [0.1, 0.15) is 0 Å². The zero-order valence-electron chi connectivity index (χ0n) is 15.2. The van der Waals surface area contributed by atoms with E-state index < -0.39 is 10.0 Å². The fourth-order valence-corrected chi connectivity index (χ4v) is 4.86. The standard InChI is InChI=1S/C20H20N4O2S2/c25-28(26,23-20-21-11-13-27-20)18-9-10-19-17(14-18)15-24(22-19)12-5-4-8-16-6-2-1-3-7-16/h1-3,6-7,9-11,13-15H,4-5,8,12H2,(H,21,23). The van der Waals surface area contributed by atoms with Crippen LogP contribution in [0, 0.1) is 0 Å². The molecule has 0 atom stereocenters. The molecule has 6 nitrogen and oxygen atoms in total. The molecule has 0 aliphatic heterocycles. The number of benzene rings is 2. The maximum Gasteiger partial charge on any atom is 0.263 e. The number of sulfonamides is 1. The molecule has 2 aromatic heterocycles. The molecule has 8 heteroatoms. The van der Waals surface area contributed by atoms with E-state index in [1.165, 1.54) is 16.9 Å². The lowest BCUT2D eigenvalue weighted by Gasteiger charge is -2.04. The van der Waals surface area contributed by atoms with E-state index in [1.807, 2.05) is 16.9 Å². The van der Waals surface area contributed by atoms with Gasteiger partial charge in [0, 0.05) is 29.7 Å². The maximum absolute atomic E-state index is 12.5. The molecule has 2 heterocycles. The van der Waals surface area contributed by atoms with Gasteiger partial charge < -0.3 is 0 Å². The fraction of sp³-hybridized carbons (Fsp3) is 0.200. The summed E-state index contributed by atoms with van der Waals surface area (Å²) in [6.07, 6.45) is 6.61. The predicted molar refractivity (Wildman–Crippen MR) is 112 cm³/mol. The Hall–Kier alpha value is -2.71. The molecule has 0 radical (unpaired) electrons. The van der Waals surface area contributed by atoms with Crippen molar-refractivity contribution >= 4 is 37.4 Å². The third-order valence-corrected chi connectivity index (χ3v) is 6.59. The van der Waals surface area contributed by atoms with Crippen molar-refractivity contribution in [1.82, 2.24) is 14.8 Å². The number of thiazole rings is 1. The number of aryl methyl sites for hydroxylation is 2. The summed E-state index contributed by atoms with van der Waals surface area (Å²) in [5.41, 5.74) is 2.13. The molecule has 144 valence electrons. The zero-order chi connectivity index (χ0) is 19.4. The lowest BCUT2D eigenvalue weighted by atomic mass is 10.1. The topological polar surface area (TPSA) is 76.9 Å². The Balaban J connectivity index is 1.41. The van der Waals surface area contributed by atoms with Crippen molar-refractivity contribution in [1.29, 1.82) is 0 Å². The second-order valence-corrected chi connectivity index (χ2v) is 9.08. The highest BCUT2D eigenvalue weighted by molar-refractivity contribution is 7.93. The van der Waals surface area contributed by atoms with E-state index in [9.17, 15) is 8.42 Å². The zero-order valence-corrected chi connectivity index (χ0v) is 16.8. The molecule has 0 spiro atoms. The van der Waals surface area contributed by atoms with E-state index in [1.54, 1.807) is 29.8 Å². The molecular weight excluding hydrogens is 392 g/mol. The minimum atomic E-state index is -3.66. The third-order valence-electron chi connectivity index (χ3n) is 4.43. The Bertz CT molecular complexity index is 1150. The van der Waals surface area contributed by atoms with Crippen LogP contribution >= 0.6 is 11.3 Å². The van der Waals surface area contributed by atoms with E-state index in [-0.39, 0.29) is 4.90 Å². The number of anilines is 1. The van der Waals surface area contributed by atoms with E-state index in [0.29, 0.717) is 5.13 Å². The Morgan fingerprint density at radius 3 is 2.71 bits per heavy atom. The Kier molecular flexibility index (Phi) is 5.40. The van der Waals surface area contributed by atoms with Gasteiger partial charge in [-0.25, -0.2) is 13.4 Å². The molecule has 4 aromatic rings. The van der Waals surface area contributed by atoms with Crippen LogP contribution in [0.3, 0.4) is 0 Å². The molecule has 4 rings (SSSR count).